The van der Waals surface area contributed by atoms with Crippen LogP contribution >= 0.6 is 0 Å². The van der Waals surface area contributed by atoms with Crippen molar-refractivity contribution < 1.29 is 22.4 Å². The van der Waals surface area contributed by atoms with Gasteiger partial charge in [-0.15, -0.1) is 0 Å². The summed E-state index contributed by atoms with van der Waals surface area (Å²) in [5, 5.41) is 2.62. The fourth-order valence-electron chi connectivity index (χ4n) is 4.72. The number of anilines is 1. The van der Waals surface area contributed by atoms with Crippen LogP contribution in [-0.2, 0) is 32.6 Å². The topological polar surface area (TPSA) is 86.8 Å². The molecule has 0 bridgehead atoms. The van der Waals surface area contributed by atoms with Gasteiger partial charge in [0.15, 0.2) is 0 Å². The zero-order valence-corrected chi connectivity index (χ0v) is 24.6. The molecule has 0 saturated heterocycles. The highest BCUT2D eigenvalue weighted by Crippen LogP contribution is 2.28. The molecule has 2 amide bonds. The number of aryl methyl sites for hydroxylation is 2. The number of hydrogen-bond donors (Lipinski definition) is 1. The zero-order chi connectivity index (χ0) is 30.3. The molecule has 1 N–H and O–H groups in total. The Balaban J connectivity index is 1.80. The van der Waals surface area contributed by atoms with E-state index in [9.17, 15) is 22.4 Å². The van der Waals surface area contributed by atoms with Crippen LogP contribution in [0.2, 0.25) is 0 Å². The predicted octanol–water partition coefficient (Wildman–Crippen LogP) is 5.02. The summed E-state index contributed by atoms with van der Waals surface area (Å²) in [6, 6.07) is 27.4. The quantitative estimate of drug-likeness (QED) is 0.267. The zero-order valence-electron chi connectivity index (χ0n) is 23.8. The molecule has 1 atom stereocenters. The summed E-state index contributed by atoms with van der Waals surface area (Å²) < 4.78 is 44.0. The Morgan fingerprint density at radius 2 is 1.45 bits per heavy atom. The van der Waals surface area contributed by atoms with E-state index < -0.39 is 40.2 Å². The van der Waals surface area contributed by atoms with E-state index >= 15 is 0 Å². The number of carbonyl (C=O) groups excluding carboxylic acids is 2. The van der Waals surface area contributed by atoms with E-state index in [0.29, 0.717) is 11.3 Å². The third-order valence-electron chi connectivity index (χ3n) is 7.09. The van der Waals surface area contributed by atoms with Crippen LogP contribution < -0.4 is 9.62 Å². The van der Waals surface area contributed by atoms with Gasteiger partial charge in [-0.1, -0.05) is 84.4 Å². The Bertz CT molecular complexity index is 1640. The Labute approximate surface area is 246 Å². The summed E-state index contributed by atoms with van der Waals surface area (Å²) in [7, 11) is -2.74. The molecule has 9 heteroatoms. The normalized spacial score (nSPS) is 11.9. The third kappa shape index (κ3) is 7.03. The van der Waals surface area contributed by atoms with Crippen LogP contribution in [0, 0.1) is 19.7 Å². The van der Waals surface area contributed by atoms with Crippen LogP contribution in [0.25, 0.3) is 0 Å². The van der Waals surface area contributed by atoms with Crippen molar-refractivity contribution in [1.82, 2.24) is 10.2 Å². The average molecular weight is 588 g/mol. The summed E-state index contributed by atoms with van der Waals surface area (Å²) >= 11 is 0. The first-order valence-electron chi connectivity index (χ1n) is 13.5. The molecular weight excluding hydrogens is 553 g/mol. The van der Waals surface area contributed by atoms with Crippen molar-refractivity contribution in [3.63, 3.8) is 0 Å². The van der Waals surface area contributed by atoms with E-state index in [-0.39, 0.29) is 23.4 Å². The number of benzene rings is 4. The molecule has 0 aromatic heterocycles. The molecule has 0 aliphatic carbocycles. The number of para-hydroxylation sites is 1. The summed E-state index contributed by atoms with van der Waals surface area (Å²) in [5.74, 6) is -1.64. The Morgan fingerprint density at radius 3 is 2.10 bits per heavy atom. The van der Waals surface area contributed by atoms with E-state index in [0.717, 1.165) is 15.4 Å². The fraction of sp³-hybridized carbons (Fsp3) is 0.212. The molecular formula is C33H34FN3O4S. The largest absolute Gasteiger partial charge is 0.357 e. The molecule has 0 fully saturated rings. The van der Waals surface area contributed by atoms with Gasteiger partial charge >= 0.3 is 0 Å². The van der Waals surface area contributed by atoms with Crippen molar-refractivity contribution in [3.05, 3.63) is 131 Å². The van der Waals surface area contributed by atoms with Gasteiger partial charge in [-0.3, -0.25) is 13.9 Å². The maximum atomic E-state index is 14.9. The van der Waals surface area contributed by atoms with E-state index in [1.807, 2.05) is 37.3 Å². The second-order valence-corrected chi connectivity index (χ2v) is 11.9. The van der Waals surface area contributed by atoms with Crippen molar-refractivity contribution in [2.75, 3.05) is 17.9 Å². The first-order chi connectivity index (χ1) is 20.1. The minimum atomic E-state index is -4.20. The van der Waals surface area contributed by atoms with E-state index in [1.165, 1.54) is 30.1 Å². The second kappa shape index (κ2) is 13.4. The van der Waals surface area contributed by atoms with Crippen molar-refractivity contribution in [1.29, 1.82) is 0 Å². The Morgan fingerprint density at radius 1 is 0.833 bits per heavy atom. The molecule has 1 unspecified atom stereocenters. The summed E-state index contributed by atoms with van der Waals surface area (Å²) in [5.41, 5.74) is 2.86. The van der Waals surface area contributed by atoms with Gasteiger partial charge in [-0.05, 0) is 49.2 Å². The lowest BCUT2D eigenvalue weighted by atomic mass is 10.0. The number of carbonyl (C=O) groups is 2. The van der Waals surface area contributed by atoms with Gasteiger partial charge < -0.3 is 10.2 Å². The predicted molar refractivity (Wildman–Crippen MR) is 162 cm³/mol. The lowest BCUT2D eigenvalue weighted by molar-refractivity contribution is -0.139. The highest BCUT2D eigenvalue weighted by molar-refractivity contribution is 7.92. The molecule has 0 heterocycles. The molecule has 4 aromatic carbocycles. The number of hydrogen-bond acceptors (Lipinski definition) is 4. The lowest BCUT2D eigenvalue weighted by Gasteiger charge is -2.34. The molecule has 4 rings (SSSR count). The number of amides is 2. The van der Waals surface area contributed by atoms with Crippen molar-refractivity contribution in [3.8, 4) is 0 Å². The molecule has 218 valence electrons. The fourth-order valence-corrected chi connectivity index (χ4v) is 6.20. The summed E-state index contributed by atoms with van der Waals surface area (Å²) in [6.07, 6.45) is 0.149. The van der Waals surface area contributed by atoms with Gasteiger partial charge in [0.1, 0.15) is 18.4 Å². The standard InChI is InChI=1S/C33H34FN3O4S/c1-24-17-19-28(20-18-24)42(40,41)37(30-16-10-7-11-25(30)2)23-32(38)36(22-27-14-8-9-15-29(27)34)31(33(39)35-3)21-26-12-5-4-6-13-26/h4-20,31H,21-23H2,1-3H3,(H,35,39). The van der Waals surface area contributed by atoms with Gasteiger partial charge in [0.25, 0.3) is 10.0 Å². The van der Waals surface area contributed by atoms with Crippen LogP contribution in [0.15, 0.2) is 108 Å². The van der Waals surface area contributed by atoms with Gasteiger partial charge in [-0.2, -0.15) is 0 Å². The smallest absolute Gasteiger partial charge is 0.264 e. The van der Waals surface area contributed by atoms with Crippen molar-refractivity contribution in [2.45, 2.75) is 37.8 Å². The van der Waals surface area contributed by atoms with Gasteiger partial charge in [-0.25, -0.2) is 12.8 Å². The van der Waals surface area contributed by atoms with Gasteiger partial charge in [0, 0.05) is 25.6 Å². The van der Waals surface area contributed by atoms with Crippen LogP contribution in [-0.4, -0.2) is 44.8 Å². The molecule has 42 heavy (non-hydrogen) atoms. The molecule has 0 saturated carbocycles. The maximum Gasteiger partial charge on any atom is 0.264 e. The van der Waals surface area contributed by atoms with Crippen LogP contribution in [0.3, 0.4) is 0 Å². The molecule has 0 aliphatic rings. The first kappa shape index (κ1) is 30.5. The molecule has 7 nitrogen and oxygen atoms in total. The van der Waals surface area contributed by atoms with E-state index in [1.54, 1.807) is 61.5 Å². The number of nitrogens with zero attached hydrogens (tertiary/aromatic N) is 2. The molecule has 0 aliphatic heterocycles. The summed E-state index contributed by atoms with van der Waals surface area (Å²) in [6.45, 7) is 2.78. The highest BCUT2D eigenvalue weighted by Gasteiger charge is 2.35. The first-order valence-corrected chi connectivity index (χ1v) is 15.0. The van der Waals surface area contributed by atoms with Crippen LogP contribution in [0.5, 0.6) is 0 Å². The number of nitrogens with one attached hydrogen (secondary N) is 1. The van der Waals surface area contributed by atoms with Crippen LogP contribution in [0.4, 0.5) is 10.1 Å². The minimum absolute atomic E-state index is 0.0249. The molecule has 0 radical (unpaired) electrons. The Kier molecular flexibility index (Phi) is 9.75. The number of sulfonamides is 1. The number of rotatable bonds is 11. The molecule has 4 aromatic rings. The summed E-state index contributed by atoms with van der Waals surface area (Å²) in [4.78, 5) is 28.8. The van der Waals surface area contributed by atoms with E-state index in [4.69, 9.17) is 0 Å². The van der Waals surface area contributed by atoms with Gasteiger partial charge in [0.05, 0.1) is 10.6 Å². The van der Waals surface area contributed by atoms with Gasteiger partial charge in [0.2, 0.25) is 11.8 Å². The maximum absolute atomic E-state index is 14.9. The third-order valence-corrected chi connectivity index (χ3v) is 8.86. The van der Waals surface area contributed by atoms with Crippen LogP contribution in [0.1, 0.15) is 22.3 Å². The average Bonchev–Trinajstić information content (AvgIpc) is 2.99. The number of halogens is 1. The highest BCUT2D eigenvalue weighted by atomic mass is 32.2. The second-order valence-electron chi connectivity index (χ2n) is 10.0. The minimum Gasteiger partial charge on any atom is -0.357 e. The van der Waals surface area contributed by atoms with Crippen molar-refractivity contribution in [2.24, 2.45) is 0 Å². The molecule has 0 spiro atoms. The lowest BCUT2D eigenvalue weighted by Crippen LogP contribution is -2.53. The Hall–Kier alpha value is -4.50. The number of likely N-dealkylation sites (N-methyl/N-ethyl adjacent to an activating group) is 1. The van der Waals surface area contributed by atoms with Crippen molar-refractivity contribution >= 4 is 27.5 Å². The monoisotopic (exact) mass is 587 g/mol. The SMILES string of the molecule is CNC(=O)C(Cc1ccccc1)N(Cc1ccccc1F)C(=O)CN(c1ccccc1C)S(=O)(=O)c1ccc(C)cc1. The van der Waals surface area contributed by atoms with E-state index in [2.05, 4.69) is 5.32 Å².